The van der Waals surface area contributed by atoms with Crippen molar-refractivity contribution in [1.29, 1.82) is 0 Å². The maximum Gasteiger partial charge on any atom is 0.226 e. The minimum absolute atomic E-state index is 0.370. The predicted octanol–water partition coefficient (Wildman–Crippen LogP) is 0.853. The van der Waals surface area contributed by atoms with E-state index in [1.54, 1.807) is 0 Å². The smallest absolute Gasteiger partial charge is 0.226 e. The van der Waals surface area contributed by atoms with E-state index in [0.29, 0.717) is 17.9 Å². The van der Waals surface area contributed by atoms with Crippen molar-refractivity contribution < 1.29 is 4.79 Å². The molecule has 2 saturated carbocycles. The Labute approximate surface area is 91.2 Å². The van der Waals surface area contributed by atoms with Crippen molar-refractivity contribution in [2.75, 3.05) is 19.6 Å². The minimum atomic E-state index is 0.370. The molecule has 3 nitrogen and oxygen atoms in total. The van der Waals surface area contributed by atoms with Gasteiger partial charge in [0.1, 0.15) is 0 Å². The molecule has 3 rings (SSSR count). The van der Waals surface area contributed by atoms with Crippen LogP contribution in [0.3, 0.4) is 0 Å². The van der Waals surface area contributed by atoms with E-state index in [1.165, 1.54) is 19.3 Å². The van der Waals surface area contributed by atoms with Crippen LogP contribution in [0.2, 0.25) is 0 Å². The fourth-order valence-electron chi connectivity index (χ4n) is 3.32. The van der Waals surface area contributed by atoms with Gasteiger partial charge in [0.2, 0.25) is 5.91 Å². The lowest BCUT2D eigenvalue weighted by atomic mass is 10.0. The van der Waals surface area contributed by atoms with Crippen LogP contribution in [0, 0.1) is 17.8 Å². The fourth-order valence-corrected chi connectivity index (χ4v) is 3.32. The second kappa shape index (κ2) is 3.48. The molecule has 0 spiro atoms. The first kappa shape index (κ1) is 9.64. The summed E-state index contributed by atoms with van der Waals surface area (Å²) >= 11 is 0. The number of nitrogens with zero attached hydrogens (tertiary/aromatic N) is 1. The average molecular weight is 208 g/mol. The molecule has 3 heteroatoms. The van der Waals surface area contributed by atoms with Crippen molar-refractivity contribution in [1.82, 2.24) is 10.2 Å². The van der Waals surface area contributed by atoms with Crippen molar-refractivity contribution in [3.8, 4) is 0 Å². The molecular weight excluding hydrogens is 188 g/mol. The van der Waals surface area contributed by atoms with E-state index in [9.17, 15) is 4.79 Å². The highest BCUT2D eigenvalue weighted by Gasteiger charge is 2.49. The van der Waals surface area contributed by atoms with Gasteiger partial charge in [-0.2, -0.15) is 0 Å². The van der Waals surface area contributed by atoms with Gasteiger partial charge in [0.05, 0.1) is 0 Å². The fraction of sp³-hybridized carbons (Fsp3) is 0.917. The van der Waals surface area contributed by atoms with Crippen LogP contribution in [-0.2, 0) is 4.79 Å². The van der Waals surface area contributed by atoms with Gasteiger partial charge in [-0.1, -0.05) is 0 Å². The zero-order valence-electron chi connectivity index (χ0n) is 9.41. The van der Waals surface area contributed by atoms with Crippen LogP contribution in [0.1, 0.15) is 26.2 Å². The van der Waals surface area contributed by atoms with E-state index < -0.39 is 0 Å². The number of piperazine rings is 1. The topological polar surface area (TPSA) is 32.3 Å². The first-order chi connectivity index (χ1) is 7.25. The maximum atomic E-state index is 12.3. The summed E-state index contributed by atoms with van der Waals surface area (Å²) in [5.74, 6) is 2.64. The van der Waals surface area contributed by atoms with Crippen LogP contribution >= 0.6 is 0 Å². The van der Waals surface area contributed by atoms with Gasteiger partial charge in [-0.25, -0.2) is 0 Å². The van der Waals surface area contributed by atoms with Gasteiger partial charge in [-0.3, -0.25) is 4.79 Å². The third kappa shape index (κ3) is 1.67. The summed E-state index contributed by atoms with van der Waals surface area (Å²) in [6.07, 6.45) is 3.77. The summed E-state index contributed by atoms with van der Waals surface area (Å²) < 4.78 is 0. The van der Waals surface area contributed by atoms with Crippen molar-refractivity contribution >= 4 is 5.91 Å². The number of carbonyl (C=O) groups excluding carboxylic acids is 1. The standard InChI is InChI=1S/C12H20N2O/c1-8-7-13-2-3-14(8)12(15)11-5-9-4-10(9)6-11/h8-11,13H,2-7H2,1H3. The lowest BCUT2D eigenvalue weighted by molar-refractivity contribution is -0.138. The van der Waals surface area contributed by atoms with Gasteiger partial charge in [0.25, 0.3) is 0 Å². The summed E-state index contributed by atoms with van der Waals surface area (Å²) in [6, 6.07) is 0.392. The van der Waals surface area contributed by atoms with E-state index in [0.717, 1.165) is 31.5 Å². The zero-order chi connectivity index (χ0) is 10.4. The van der Waals surface area contributed by atoms with E-state index in [2.05, 4.69) is 17.1 Å². The Kier molecular flexibility index (Phi) is 2.23. The second-order valence-corrected chi connectivity index (χ2v) is 5.51. The number of carbonyl (C=O) groups is 1. The van der Waals surface area contributed by atoms with Crippen molar-refractivity contribution in [2.24, 2.45) is 17.8 Å². The van der Waals surface area contributed by atoms with Crippen LogP contribution in [0.4, 0.5) is 0 Å². The molecule has 0 aromatic carbocycles. The molecule has 0 aromatic rings. The van der Waals surface area contributed by atoms with Crippen molar-refractivity contribution in [2.45, 2.75) is 32.2 Å². The lowest BCUT2D eigenvalue weighted by Crippen LogP contribution is -2.53. The summed E-state index contributed by atoms with van der Waals surface area (Å²) in [5, 5.41) is 3.33. The third-order valence-corrected chi connectivity index (χ3v) is 4.38. The molecule has 1 N–H and O–H groups in total. The molecule has 15 heavy (non-hydrogen) atoms. The molecule has 1 saturated heterocycles. The Morgan fingerprint density at radius 3 is 2.67 bits per heavy atom. The van der Waals surface area contributed by atoms with E-state index in [1.807, 2.05) is 0 Å². The van der Waals surface area contributed by atoms with Gasteiger partial charge < -0.3 is 10.2 Å². The van der Waals surface area contributed by atoms with Crippen LogP contribution in [0.25, 0.3) is 0 Å². The van der Waals surface area contributed by atoms with Crippen LogP contribution in [0.5, 0.6) is 0 Å². The van der Waals surface area contributed by atoms with Crippen LogP contribution < -0.4 is 5.32 Å². The maximum absolute atomic E-state index is 12.3. The molecule has 3 aliphatic rings. The molecule has 1 amide bonds. The first-order valence-corrected chi connectivity index (χ1v) is 6.27. The molecule has 0 bridgehead atoms. The van der Waals surface area contributed by atoms with E-state index in [-0.39, 0.29) is 0 Å². The number of fused-ring (bicyclic) bond motifs is 1. The molecule has 3 unspecified atom stereocenters. The quantitative estimate of drug-likeness (QED) is 0.693. The summed E-state index contributed by atoms with van der Waals surface area (Å²) in [7, 11) is 0. The normalized spacial score (nSPS) is 43.9. The molecular formula is C12H20N2O. The van der Waals surface area contributed by atoms with E-state index >= 15 is 0 Å². The summed E-state index contributed by atoms with van der Waals surface area (Å²) in [5.41, 5.74) is 0. The monoisotopic (exact) mass is 208 g/mol. The Hall–Kier alpha value is -0.570. The highest BCUT2D eigenvalue weighted by atomic mass is 16.2. The number of nitrogens with one attached hydrogen (secondary N) is 1. The molecule has 2 aliphatic carbocycles. The highest BCUT2D eigenvalue weighted by Crippen LogP contribution is 2.54. The molecule has 0 aromatic heterocycles. The van der Waals surface area contributed by atoms with E-state index in [4.69, 9.17) is 0 Å². The molecule has 1 aliphatic heterocycles. The van der Waals surface area contributed by atoms with Crippen LogP contribution in [0.15, 0.2) is 0 Å². The highest BCUT2D eigenvalue weighted by molar-refractivity contribution is 5.80. The molecule has 3 atom stereocenters. The SMILES string of the molecule is CC1CNCCN1C(=O)C1CC2CC2C1. The molecule has 84 valence electrons. The summed E-state index contributed by atoms with van der Waals surface area (Å²) in [4.78, 5) is 14.4. The van der Waals surface area contributed by atoms with Gasteiger partial charge in [0, 0.05) is 31.6 Å². The zero-order valence-corrected chi connectivity index (χ0v) is 9.41. The molecule has 3 fully saturated rings. The Bertz CT molecular complexity index is 269. The first-order valence-electron chi connectivity index (χ1n) is 6.27. The minimum Gasteiger partial charge on any atom is -0.337 e. The average Bonchev–Trinajstić information content (AvgIpc) is 2.86. The van der Waals surface area contributed by atoms with Crippen LogP contribution in [-0.4, -0.2) is 36.5 Å². The molecule has 1 heterocycles. The third-order valence-electron chi connectivity index (χ3n) is 4.38. The Morgan fingerprint density at radius 2 is 2.00 bits per heavy atom. The van der Waals surface area contributed by atoms with Gasteiger partial charge in [-0.05, 0) is 38.0 Å². The van der Waals surface area contributed by atoms with Crippen molar-refractivity contribution in [3.63, 3.8) is 0 Å². The number of hydrogen-bond donors (Lipinski definition) is 1. The molecule has 0 radical (unpaired) electrons. The summed E-state index contributed by atoms with van der Waals surface area (Å²) in [6.45, 7) is 4.99. The second-order valence-electron chi connectivity index (χ2n) is 5.51. The number of amides is 1. The Balaban J connectivity index is 1.62. The van der Waals surface area contributed by atoms with Crippen molar-refractivity contribution in [3.05, 3.63) is 0 Å². The lowest BCUT2D eigenvalue weighted by Gasteiger charge is -2.36. The van der Waals surface area contributed by atoms with Gasteiger partial charge >= 0.3 is 0 Å². The predicted molar refractivity (Wildman–Crippen MR) is 58.4 cm³/mol. The number of hydrogen-bond acceptors (Lipinski definition) is 2. The van der Waals surface area contributed by atoms with Gasteiger partial charge in [-0.15, -0.1) is 0 Å². The Morgan fingerprint density at radius 1 is 1.27 bits per heavy atom. The largest absolute Gasteiger partial charge is 0.337 e. The van der Waals surface area contributed by atoms with Gasteiger partial charge in [0.15, 0.2) is 0 Å². The number of rotatable bonds is 1.